The zero-order valence-electron chi connectivity index (χ0n) is 13.4. The van der Waals surface area contributed by atoms with Crippen molar-refractivity contribution in [2.45, 2.75) is 63.3 Å². The highest BCUT2D eigenvalue weighted by molar-refractivity contribution is 7.99. The number of carbonyl (C=O) groups is 1. The van der Waals surface area contributed by atoms with Crippen molar-refractivity contribution >= 4 is 17.7 Å². The van der Waals surface area contributed by atoms with Gasteiger partial charge in [0.15, 0.2) is 5.16 Å². The molecular weight excluding hydrogens is 327 g/mol. The summed E-state index contributed by atoms with van der Waals surface area (Å²) >= 11 is 1.21. The Morgan fingerprint density at radius 3 is 2.57 bits per heavy atom. The largest absolute Gasteiger partial charge is 0.405 e. The van der Waals surface area contributed by atoms with E-state index in [9.17, 15) is 18.0 Å². The predicted octanol–water partition coefficient (Wildman–Crippen LogP) is 3.78. The van der Waals surface area contributed by atoms with E-state index in [2.05, 4.69) is 9.55 Å². The molecule has 8 heteroatoms. The van der Waals surface area contributed by atoms with Crippen LogP contribution in [0.25, 0.3) is 0 Å². The lowest BCUT2D eigenvalue weighted by Gasteiger charge is -2.26. The summed E-state index contributed by atoms with van der Waals surface area (Å²) in [4.78, 5) is 16.1. The van der Waals surface area contributed by atoms with Gasteiger partial charge in [-0.15, -0.1) is 0 Å². The molecule has 0 bridgehead atoms. The van der Waals surface area contributed by atoms with Crippen LogP contribution in [0.2, 0.25) is 0 Å². The van der Waals surface area contributed by atoms with Gasteiger partial charge in [0.05, 0.1) is 11.4 Å². The predicted molar refractivity (Wildman–Crippen MR) is 83.6 cm³/mol. The van der Waals surface area contributed by atoms with Crippen LogP contribution in [0, 0.1) is 13.8 Å². The second kappa shape index (κ2) is 7.59. The van der Waals surface area contributed by atoms with Crippen molar-refractivity contribution in [2.24, 2.45) is 0 Å². The Morgan fingerprint density at radius 1 is 1.30 bits per heavy atom. The fraction of sp³-hybridized carbons (Fsp3) is 0.733. The second-order valence-electron chi connectivity index (χ2n) is 5.91. The number of alkyl halides is 3. The molecule has 1 fully saturated rings. The molecule has 1 aliphatic rings. The molecule has 0 atom stereocenters. The van der Waals surface area contributed by atoms with Gasteiger partial charge in [-0.05, 0) is 26.7 Å². The number of hydrogen-bond donors (Lipinski definition) is 1. The average molecular weight is 349 g/mol. The first-order valence-corrected chi connectivity index (χ1v) is 8.78. The molecule has 0 radical (unpaired) electrons. The molecule has 23 heavy (non-hydrogen) atoms. The van der Waals surface area contributed by atoms with E-state index in [1.165, 1.54) is 31.0 Å². The fourth-order valence-corrected chi connectivity index (χ4v) is 3.84. The summed E-state index contributed by atoms with van der Waals surface area (Å²) in [6.07, 6.45) is 1.39. The number of amides is 1. The summed E-state index contributed by atoms with van der Waals surface area (Å²) in [5.41, 5.74) is 1.99. The standard InChI is InChI=1S/C15H22F3N3OS/c1-10-11(2)21(12-6-4-3-5-7-12)14(20-10)23-8-13(22)19-9-15(16,17)18/h12H,3-9H2,1-2H3,(H,19,22). The Hall–Kier alpha value is -1.18. The number of aryl methyl sites for hydroxylation is 1. The Morgan fingerprint density at radius 2 is 1.96 bits per heavy atom. The van der Waals surface area contributed by atoms with Crippen LogP contribution in [0.3, 0.4) is 0 Å². The maximum atomic E-state index is 12.1. The summed E-state index contributed by atoms with van der Waals surface area (Å²) in [7, 11) is 0. The molecule has 4 nitrogen and oxygen atoms in total. The third kappa shape index (κ3) is 5.16. The highest BCUT2D eigenvalue weighted by atomic mass is 32.2. The first kappa shape index (κ1) is 18.2. The Kier molecular flexibility index (Phi) is 6.00. The Labute approximate surface area is 138 Å². The molecule has 1 heterocycles. The SMILES string of the molecule is Cc1nc(SCC(=O)NCC(F)(F)F)n(C2CCCCC2)c1C. The number of nitrogens with one attached hydrogen (secondary N) is 1. The molecule has 0 saturated heterocycles. The van der Waals surface area contributed by atoms with Gasteiger partial charge in [0.1, 0.15) is 6.54 Å². The van der Waals surface area contributed by atoms with E-state index in [4.69, 9.17) is 0 Å². The Balaban J connectivity index is 1.99. The van der Waals surface area contributed by atoms with Crippen molar-refractivity contribution in [1.82, 2.24) is 14.9 Å². The number of halogens is 3. The van der Waals surface area contributed by atoms with E-state index >= 15 is 0 Å². The van der Waals surface area contributed by atoms with Crippen LogP contribution in [-0.2, 0) is 4.79 Å². The minimum Gasteiger partial charge on any atom is -0.346 e. The first-order valence-electron chi connectivity index (χ1n) is 7.79. The van der Waals surface area contributed by atoms with E-state index in [-0.39, 0.29) is 5.75 Å². The van der Waals surface area contributed by atoms with Crippen LogP contribution < -0.4 is 5.32 Å². The molecule has 2 rings (SSSR count). The summed E-state index contributed by atoms with van der Waals surface area (Å²) in [6, 6.07) is 0.380. The highest BCUT2D eigenvalue weighted by Gasteiger charge is 2.28. The van der Waals surface area contributed by atoms with E-state index in [1.54, 1.807) is 0 Å². The molecule has 0 aliphatic heterocycles. The molecule has 1 N–H and O–H groups in total. The third-order valence-electron chi connectivity index (χ3n) is 4.11. The summed E-state index contributed by atoms with van der Waals surface area (Å²) < 4.78 is 38.5. The molecule has 130 valence electrons. The van der Waals surface area contributed by atoms with E-state index in [0.29, 0.717) is 6.04 Å². The van der Waals surface area contributed by atoms with Gasteiger partial charge in [0, 0.05) is 11.7 Å². The number of rotatable bonds is 5. The topological polar surface area (TPSA) is 46.9 Å². The van der Waals surface area contributed by atoms with Gasteiger partial charge in [0.25, 0.3) is 0 Å². The lowest BCUT2D eigenvalue weighted by Crippen LogP contribution is -2.34. The fourth-order valence-electron chi connectivity index (χ4n) is 2.85. The number of carbonyl (C=O) groups excluding carboxylic acids is 1. The van der Waals surface area contributed by atoms with Crippen molar-refractivity contribution in [2.75, 3.05) is 12.3 Å². The molecule has 1 amide bonds. The Bertz CT molecular complexity index is 551. The molecule has 0 aromatic carbocycles. The monoisotopic (exact) mass is 349 g/mol. The lowest BCUT2D eigenvalue weighted by atomic mass is 9.95. The average Bonchev–Trinajstić information content (AvgIpc) is 2.78. The minimum atomic E-state index is -4.38. The van der Waals surface area contributed by atoms with Gasteiger partial charge in [-0.25, -0.2) is 4.98 Å². The maximum absolute atomic E-state index is 12.1. The number of hydrogen-bond acceptors (Lipinski definition) is 3. The van der Waals surface area contributed by atoms with Gasteiger partial charge in [-0.3, -0.25) is 4.79 Å². The van der Waals surface area contributed by atoms with Crippen LogP contribution in [0.15, 0.2) is 5.16 Å². The van der Waals surface area contributed by atoms with Crippen molar-refractivity contribution in [3.8, 4) is 0 Å². The van der Waals surface area contributed by atoms with Crippen LogP contribution >= 0.6 is 11.8 Å². The van der Waals surface area contributed by atoms with E-state index < -0.39 is 18.6 Å². The molecular formula is C15H22F3N3OS. The maximum Gasteiger partial charge on any atom is 0.405 e. The zero-order valence-corrected chi connectivity index (χ0v) is 14.2. The van der Waals surface area contributed by atoms with Crippen LogP contribution in [0.5, 0.6) is 0 Å². The highest BCUT2D eigenvalue weighted by Crippen LogP contribution is 2.34. The summed E-state index contributed by atoms with van der Waals surface area (Å²) in [6.45, 7) is 2.63. The normalized spacial score (nSPS) is 16.6. The van der Waals surface area contributed by atoms with Crippen molar-refractivity contribution in [1.29, 1.82) is 0 Å². The lowest BCUT2D eigenvalue weighted by molar-refractivity contribution is -0.136. The van der Waals surface area contributed by atoms with Crippen LogP contribution in [0.1, 0.15) is 49.5 Å². The number of imidazole rings is 1. The van der Waals surface area contributed by atoms with Gasteiger partial charge in [-0.1, -0.05) is 31.0 Å². The third-order valence-corrected chi connectivity index (χ3v) is 5.07. The van der Waals surface area contributed by atoms with Gasteiger partial charge >= 0.3 is 6.18 Å². The van der Waals surface area contributed by atoms with E-state index in [1.807, 2.05) is 19.2 Å². The van der Waals surface area contributed by atoms with Gasteiger partial charge < -0.3 is 9.88 Å². The van der Waals surface area contributed by atoms with Crippen LogP contribution in [-0.4, -0.2) is 33.9 Å². The zero-order chi connectivity index (χ0) is 17.0. The van der Waals surface area contributed by atoms with Gasteiger partial charge in [-0.2, -0.15) is 13.2 Å². The molecule has 1 saturated carbocycles. The molecule has 1 aliphatic carbocycles. The number of aromatic nitrogens is 2. The second-order valence-corrected chi connectivity index (χ2v) is 6.85. The quantitative estimate of drug-likeness (QED) is 0.823. The molecule has 1 aromatic rings. The summed E-state index contributed by atoms with van der Waals surface area (Å²) in [5, 5.41) is 2.62. The minimum absolute atomic E-state index is 0.0569. The van der Waals surface area contributed by atoms with Crippen molar-refractivity contribution < 1.29 is 18.0 Å². The van der Waals surface area contributed by atoms with Gasteiger partial charge in [0.2, 0.25) is 5.91 Å². The first-order chi connectivity index (χ1) is 10.8. The number of nitrogens with zero attached hydrogens (tertiary/aromatic N) is 2. The summed E-state index contributed by atoms with van der Waals surface area (Å²) in [5.74, 6) is -0.681. The van der Waals surface area contributed by atoms with Crippen LogP contribution in [0.4, 0.5) is 13.2 Å². The molecule has 0 unspecified atom stereocenters. The molecule has 0 spiro atoms. The van der Waals surface area contributed by atoms with Crippen molar-refractivity contribution in [3.05, 3.63) is 11.4 Å². The smallest absolute Gasteiger partial charge is 0.346 e. The molecule has 1 aromatic heterocycles. The number of thioether (sulfide) groups is 1. The van der Waals surface area contributed by atoms with Crippen molar-refractivity contribution in [3.63, 3.8) is 0 Å². The van der Waals surface area contributed by atoms with E-state index in [0.717, 1.165) is 29.4 Å².